The number of benzene rings is 3. The number of rotatable bonds is 6. The van der Waals surface area contributed by atoms with Crippen molar-refractivity contribution in [3.63, 3.8) is 0 Å². The molecule has 8 heteroatoms. The lowest BCUT2D eigenvalue weighted by atomic mass is 9.97. The van der Waals surface area contributed by atoms with E-state index in [1.807, 2.05) is 30.3 Å². The second-order valence-electron chi connectivity index (χ2n) is 7.59. The van der Waals surface area contributed by atoms with Crippen molar-refractivity contribution in [1.82, 2.24) is 15.3 Å². The van der Waals surface area contributed by atoms with E-state index in [1.165, 1.54) is 30.3 Å². The summed E-state index contributed by atoms with van der Waals surface area (Å²) in [6.45, 7) is 1.71. The van der Waals surface area contributed by atoms with Gasteiger partial charge in [-0.3, -0.25) is 4.79 Å². The van der Waals surface area contributed by atoms with Crippen LogP contribution in [0.3, 0.4) is 0 Å². The quantitative estimate of drug-likeness (QED) is 0.452. The van der Waals surface area contributed by atoms with E-state index in [4.69, 9.17) is 4.74 Å². The highest BCUT2D eigenvalue weighted by atomic mass is 19.1. The van der Waals surface area contributed by atoms with Crippen LogP contribution in [0.15, 0.2) is 71.5 Å². The zero-order valence-electron chi connectivity index (χ0n) is 17.8. The Balaban J connectivity index is 1.63. The van der Waals surface area contributed by atoms with Crippen molar-refractivity contribution in [2.45, 2.75) is 19.4 Å². The highest BCUT2D eigenvalue weighted by Gasteiger charge is 2.21. The first-order valence-corrected chi connectivity index (χ1v) is 10.3. The minimum absolute atomic E-state index is 0.0566. The molecule has 3 aromatic carbocycles. The fourth-order valence-corrected chi connectivity index (χ4v) is 3.61. The molecule has 1 amide bonds. The van der Waals surface area contributed by atoms with Crippen LogP contribution < -0.4 is 10.9 Å². The maximum atomic E-state index is 14.5. The number of hydrogen-bond acceptors (Lipinski definition) is 4. The van der Waals surface area contributed by atoms with Crippen LogP contribution in [0.2, 0.25) is 0 Å². The molecule has 1 unspecified atom stereocenters. The summed E-state index contributed by atoms with van der Waals surface area (Å²) >= 11 is 0. The van der Waals surface area contributed by atoms with Crippen molar-refractivity contribution in [3.8, 4) is 0 Å². The number of halogens is 2. The first-order valence-electron chi connectivity index (χ1n) is 10.3. The molecule has 0 spiro atoms. The summed E-state index contributed by atoms with van der Waals surface area (Å²) in [6.07, 6.45) is -0.689. The largest absolute Gasteiger partial charge is 0.445 e. The highest BCUT2D eigenvalue weighted by Crippen LogP contribution is 2.24. The van der Waals surface area contributed by atoms with Crippen molar-refractivity contribution < 1.29 is 18.3 Å². The molecule has 0 aliphatic carbocycles. The van der Waals surface area contributed by atoms with Crippen LogP contribution in [0.4, 0.5) is 13.6 Å². The van der Waals surface area contributed by atoms with E-state index in [0.29, 0.717) is 11.1 Å². The van der Waals surface area contributed by atoms with Gasteiger partial charge in [-0.15, -0.1) is 0 Å². The van der Waals surface area contributed by atoms with E-state index in [1.54, 1.807) is 13.0 Å². The van der Waals surface area contributed by atoms with E-state index in [2.05, 4.69) is 15.3 Å². The smallest absolute Gasteiger partial charge is 0.407 e. The van der Waals surface area contributed by atoms with Gasteiger partial charge in [-0.25, -0.2) is 18.6 Å². The number of aromatic nitrogens is 2. The molecule has 0 aliphatic heterocycles. The number of nitrogens with one attached hydrogen (secondary N) is 2. The number of aromatic amines is 1. The highest BCUT2D eigenvalue weighted by molar-refractivity contribution is 5.81. The number of carbonyl (C=O) groups is 1. The Labute approximate surface area is 188 Å². The van der Waals surface area contributed by atoms with Gasteiger partial charge in [0.25, 0.3) is 5.56 Å². The molecule has 0 saturated carbocycles. The van der Waals surface area contributed by atoms with Gasteiger partial charge in [0.2, 0.25) is 0 Å². The second-order valence-corrected chi connectivity index (χ2v) is 7.59. The molecule has 0 radical (unpaired) electrons. The molecule has 0 saturated heterocycles. The zero-order chi connectivity index (χ0) is 23.4. The van der Waals surface area contributed by atoms with Crippen LogP contribution in [0, 0.1) is 18.6 Å². The number of fused-ring (bicyclic) bond motifs is 1. The molecule has 6 nitrogen and oxygen atoms in total. The summed E-state index contributed by atoms with van der Waals surface area (Å²) in [5.74, 6) is -1.78. The third-order valence-electron chi connectivity index (χ3n) is 5.28. The molecule has 4 rings (SSSR count). The predicted octanol–water partition coefficient (Wildman–Crippen LogP) is 4.57. The Hall–Kier alpha value is -4.07. The SMILES string of the molecule is Cc1ccc(F)c2nc(C(CNC(=O)OCc3ccccc3)c3cccc(F)c3)[nH]c(=O)c12. The van der Waals surface area contributed by atoms with Gasteiger partial charge in [-0.1, -0.05) is 48.5 Å². The van der Waals surface area contributed by atoms with E-state index < -0.39 is 29.2 Å². The van der Waals surface area contributed by atoms with Crippen LogP contribution >= 0.6 is 0 Å². The van der Waals surface area contributed by atoms with Crippen molar-refractivity contribution in [1.29, 1.82) is 0 Å². The van der Waals surface area contributed by atoms with E-state index in [9.17, 15) is 18.4 Å². The summed E-state index contributed by atoms with van der Waals surface area (Å²) in [5, 5.41) is 2.77. The zero-order valence-corrected chi connectivity index (χ0v) is 17.8. The van der Waals surface area contributed by atoms with E-state index >= 15 is 0 Å². The van der Waals surface area contributed by atoms with Crippen LogP contribution in [0.25, 0.3) is 10.9 Å². The lowest BCUT2D eigenvalue weighted by Crippen LogP contribution is -2.31. The number of H-pyrrole nitrogens is 1. The molecular weight excluding hydrogens is 428 g/mol. The van der Waals surface area contributed by atoms with Gasteiger partial charge in [-0.2, -0.15) is 0 Å². The normalized spacial score (nSPS) is 11.8. The number of nitrogens with zero attached hydrogens (tertiary/aromatic N) is 1. The van der Waals surface area contributed by atoms with Crippen LogP contribution in [0.5, 0.6) is 0 Å². The molecule has 1 atom stereocenters. The van der Waals surface area contributed by atoms with E-state index in [-0.39, 0.29) is 29.9 Å². The van der Waals surface area contributed by atoms with Gasteiger partial charge in [0, 0.05) is 6.54 Å². The maximum absolute atomic E-state index is 14.5. The molecule has 0 fully saturated rings. The average Bonchev–Trinajstić information content (AvgIpc) is 2.81. The van der Waals surface area contributed by atoms with Crippen molar-refractivity contribution in [3.05, 3.63) is 111 Å². The Morgan fingerprint density at radius 2 is 1.88 bits per heavy atom. The molecule has 1 heterocycles. The summed E-state index contributed by atoms with van der Waals surface area (Å²) in [4.78, 5) is 32.0. The number of carbonyl (C=O) groups excluding carboxylic acids is 1. The Bertz CT molecular complexity index is 1360. The summed E-state index contributed by atoms with van der Waals surface area (Å²) in [7, 11) is 0. The molecule has 33 heavy (non-hydrogen) atoms. The average molecular weight is 449 g/mol. The number of amides is 1. The fraction of sp³-hybridized carbons (Fsp3) is 0.160. The monoisotopic (exact) mass is 449 g/mol. The summed E-state index contributed by atoms with van der Waals surface area (Å²) in [5.41, 5.74) is 1.26. The predicted molar refractivity (Wildman–Crippen MR) is 120 cm³/mol. The van der Waals surface area contributed by atoms with Gasteiger partial charge < -0.3 is 15.0 Å². The topological polar surface area (TPSA) is 84.1 Å². The summed E-state index contributed by atoms with van der Waals surface area (Å²) in [6, 6.07) is 17.6. The molecule has 0 bridgehead atoms. The number of alkyl carbamates (subject to hydrolysis) is 1. The van der Waals surface area contributed by atoms with Gasteiger partial charge in [-0.05, 0) is 41.8 Å². The maximum Gasteiger partial charge on any atom is 0.407 e. The third-order valence-corrected chi connectivity index (χ3v) is 5.28. The standard InChI is InChI=1S/C25H21F2N3O3/c1-15-10-11-20(27)22-21(15)24(31)30-23(29-22)19(17-8-5-9-18(26)12-17)13-28-25(32)33-14-16-6-3-2-4-7-16/h2-12,19H,13-14H2,1H3,(H,28,32)(H,29,30,31). The Morgan fingerprint density at radius 1 is 1.09 bits per heavy atom. The Kier molecular flexibility index (Phi) is 6.44. The molecule has 4 aromatic rings. The first-order chi connectivity index (χ1) is 15.9. The lowest BCUT2D eigenvalue weighted by molar-refractivity contribution is 0.139. The Morgan fingerprint density at radius 3 is 2.64 bits per heavy atom. The van der Waals surface area contributed by atoms with Gasteiger partial charge in [0.15, 0.2) is 0 Å². The minimum Gasteiger partial charge on any atom is -0.445 e. The third kappa shape index (κ3) is 5.06. The second kappa shape index (κ2) is 9.60. The van der Waals surface area contributed by atoms with Crippen LogP contribution in [-0.4, -0.2) is 22.6 Å². The number of ether oxygens (including phenoxy) is 1. The van der Waals surface area contributed by atoms with E-state index in [0.717, 1.165) is 5.56 Å². The fourth-order valence-electron chi connectivity index (χ4n) is 3.61. The molecule has 168 valence electrons. The molecule has 0 aliphatic rings. The molecular formula is C25H21F2N3O3. The minimum atomic E-state index is -0.748. The van der Waals surface area contributed by atoms with Gasteiger partial charge in [0.05, 0.1) is 11.3 Å². The van der Waals surface area contributed by atoms with Gasteiger partial charge in [0.1, 0.15) is 29.6 Å². The first kappa shape index (κ1) is 22.1. The van der Waals surface area contributed by atoms with Crippen molar-refractivity contribution in [2.24, 2.45) is 0 Å². The number of hydrogen-bond donors (Lipinski definition) is 2. The lowest BCUT2D eigenvalue weighted by Gasteiger charge is -2.18. The summed E-state index contributed by atoms with van der Waals surface area (Å²) < 4.78 is 33.6. The molecule has 1 aromatic heterocycles. The van der Waals surface area contributed by atoms with Crippen LogP contribution in [0.1, 0.15) is 28.4 Å². The van der Waals surface area contributed by atoms with Crippen LogP contribution in [-0.2, 0) is 11.3 Å². The molecule has 2 N–H and O–H groups in total. The van der Waals surface area contributed by atoms with Crippen molar-refractivity contribution >= 4 is 17.0 Å². The number of aryl methyl sites for hydroxylation is 1. The van der Waals surface area contributed by atoms with Crippen molar-refractivity contribution in [2.75, 3.05) is 6.54 Å². The van der Waals surface area contributed by atoms with Gasteiger partial charge >= 0.3 is 6.09 Å².